The summed E-state index contributed by atoms with van der Waals surface area (Å²) >= 11 is 0. The van der Waals surface area contributed by atoms with Gasteiger partial charge >= 0.3 is 0 Å². The SMILES string of the molecule is COc1ccc(N([C@H](C)C(=O)N/N=C\c2ccc(O)c(OC)c2)S(C)(=O)=O)cc1. The van der Waals surface area contributed by atoms with E-state index in [1.54, 1.807) is 30.3 Å². The number of phenolic OH excluding ortho intramolecular Hbond substituents is 1. The number of aromatic hydroxyl groups is 1. The fourth-order valence-electron chi connectivity index (χ4n) is 2.58. The molecule has 9 nitrogen and oxygen atoms in total. The monoisotopic (exact) mass is 421 g/mol. The standard InChI is InChI=1S/C19H23N3O6S/c1-13(22(29(4,25)26)15-6-8-16(27-2)9-7-15)19(24)21-20-12-14-5-10-17(23)18(11-14)28-3/h5-13,23H,1-4H3,(H,21,24)/b20-12-/t13-/m1/s1. The number of carbonyl (C=O) groups is 1. The molecule has 0 aromatic heterocycles. The topological polar surface area (TPSA) is 118 Å². The number of hydrazone groups is 1. The van der Waals surface area contributed by atoms with E-state index in [2.05, 4.69) is 10.5 Å². The quantitative estimate of drug-likeness (QED) is 0.495. The first kappa shape index (κ1) is 22.0. The van der Waals surface area contributed by atoms with Gasteiger partial charge < -0.3 is 14.6 Å². The maximum atomic E-state index is 12.5. The molecule has 0 aliphatic rings. The van der Waals surface area contributed by atoms with Crippen molar-refractivity contribution >= 4 is 27.8 Å². The highest BCUT2D eigenvalue weighted by Crippen LogP contribution is 2.26. The van der Waals surface area contributed by atoms with Crippen molar-refractivity contribution in [2.75, 3.05) is 24.8 Å². The number of sulfonamides is 1. The zero-order valence-electron chi connectivity index (χ0n) is 16.5. The number of methoxy groups -OCH3 is 2. The zero-order chi connectivity index (χ0) is 21.6. The minimum Gasteiger partial charge on any atom is -0.504 e. The number of anilines is 1. The number of benzene rings is 2. The number of ether oxygens (including phenoxy) is 2. The summed E-state index contributed by atoms with van der Waals surface area (Å²) in [5, 5.41) is 13.4. The Balaban J connectivity index is 2.16. The van der Waals surface area contributed by atoms with E-state index in [1.807, 2.05) is 0 Å². The molecule has 0 saturated heterocycles. The first-order valence-electron chi connectivity index (χ1n) is 8.50. The number of nitrogens with zero attached hydrogens (tertiary/aromatic N) is 2. The number of hydrogen-bond acceptors (Lipinski definition) is 7. The Kier molecular flexibility index (Phi) is 7.05. The van der Waals surface area contributed by atoms with Crippen LogP contribution in [-0.4, -0.2) is 52.2 Å². The maximum absolute atomic E-state index is 12.5. The summed E-state index contributed by atoms with van der Waals surface area (Å²) in [5.41, 5.74) is 3.22. The van der Waals surface area contributed by atoms with Crippen LogP contribution in [0, 0.1) is 0 Å². The molecule has 0 unspecified atom stereocenters. The van der Waals surface area contributed by atoms with Gasteiger partial charge in [-0.15, -0.1) is 0 Å². The Hall–Kier alpha value is -3.27. The van der Waals surface area contributed by atoms with Crippen molar-refractivity contribution in [1.82, 2.24) is 5.43 Å². The van der Waals surface area contributed by atoms with Gasteiger partial charge in [-0.3, -0.25) is 9.10 Å². The predicted octanol–water partition coefficient (Wildman–Crippen LogP) is 1.71. The number of carbonyl (C=O) groups excluding carboxylic acids is 1. The van der Waals surface area contributed by atoms with Crippen LogP contribution in [0.2, 0.25) is 0 Å². The molecular formula is C19H23N3O6S. The van der Waals surface area contributed by atoms with Crippen LogP contribution >= 0.6 is 0 Å². The van der Waals surface area contributed by atoms with Crippen molar-refractivity contribution in [3.8, 4) is 17.2 Å². The first-order valence-corrected chi connectivity index (χ1v) is 10.4. The lowest BCUT2D eigenvalue weighted by atomic mass is 10.2. The van der Waals surface area contributed by atoms with Gasteiger partial charge in [0, 0.05) is 0 Å². The fraction of sp³-hybridized carbons (Fsp3) is 0.263. The van der Waals surface area contributed by atoms with E-state index in [0.717, 1.165) is 10.6 Å². The van der Waals surface area contributed by atoms with Gasteiger partial charge in [-0.25, -0.2) is 13.8 Å². The second-order valence-electron chi connectivity index (χ2n) is 6.10. The predicted molar refractivity (Wildman–Crippen MR) is 110 cm³/mol. The summed E-state index contributed by atoms with van der Waals surface area (Å²) < 4.78 is 35.6. The molecule has 10 heteroatoms. The van der Waals surface area contributed by atoms with E-state index < -0.39 is 22.0 Å². The first-order chi connectivity index (χ1) is 13.7. The van der Waals surface area contributed by atoms with Gasteiger partial charge in [0.05, 0.1) is 32.4 Å². The van der Waals surface area contributed by atoms with Crippen LogP contribution in [0.15, 0.2) is 47.6 Å². The van der Waals surface area contributed by atoms with E-state index in [-0.39, 0.29) is 11.5 Å². The van der Waals surface area contributed by atoms with E-state index in [9.17, 15) is 18.3 Å². The second-order valence-corrected chi connectivity index (χ2v) is 7.96. The van der Waals surface area contributed by atoms with Gasteiger partial charge in [0.2, 0.25) is 10.0 Å². The number of nitrogens with one attached hydrogen (secondary N) is 1. The summed E-state index contributed by atoms with van der Waals surface area (Å²) in [6, 6.07) is 9.81. The van der Waals surface area contributed by atoms with E-state index in [1.165, 1.54) is 39.5 Å². The highest BCUT2D eigenvalue weighted by Gasteiger charge is 2.29. The van der Waals surface area contributed by atoms with Crippen molar-refractivity contribution < 1.29 is 27.8 Å². The molecule has 2 rings (SSSR count). The highest BCUT2D eigenvalue weighted by atomic mass is 32.2. The van der Waals surface area contributed by atoms with Crippen LogP contribution < -0.4 is 19.2 Å². The van der Waals surface area contributed by atoms with E-state index in [4.69, 9.17) is 9.47 Å². The molecule has 0 saturated carbocycles. The molecule has 1 atom stereocenters. The van der Waals surface area contributed by atoms with Gasteiger partial charge in [-0.05, 0) is 55.0 Å². The van der Waals surface area contributed by atoms with Crippen LogP contribution in [0.4, 0.5) is 5.69 Å². The molecule has 1 amide bonds. The number of phenols is 1. The number of rotatable bonds is 8. The maximum Gasteiger partial charge on any atom is 0.263 e. The summed E-state index contributed by atoms with van der Waals surface area (Å²) in [4.78, 5) is 12.5. The average Bonchev–Trinajstić information content (AvgIpc) is 2.68. The summed E-state index contributed by atoms with van der Waals surface area (Å²) in [6.07, 6.45) is 2.37. The Bertz CT molecular complexity index is 990. The van der Waals surface area contributed by atoms with Crippen LogP contribution in [0.5, 0.6) is 17.2 Å². The Morgan fingerprint density at radius 1 is 1.17 bits per heavy atom. The van der Waals surface area contributed by atoms with Crippen molar-refractivity contribution in [2.45, 2.75) is 13.0 Å². The van der Waals surface area contributed by atoms with E-state index >= 15 is 0 Å². The van der Waals surface area contributed by atoms with Crippen LogP contribution in [0.3, 0.4) is 0 Å². The largest absolute Gasteiger partial charge is 0.504 e. The molecule has 0 radical (unpaired) electrons. The number of hydrogen-bond donors (Lipinski definition) is 2. The average molecular weight is 421 g/mol. The lowest BCUT2D eigenvalue weighted by Gasteiger charge is -2.27. The van der Waals surface area contributed by atoms with Gasteiger partial charge in [0.25, 0.3) is 5.91 Å². The van der Waals surface area contributed by atoms with Crippen LogP contribution in [-0.2, 0) is 14.8 Å². The third-order valence-corrected chi connectivity index (χ3v) is 5.25. The van der Waals surface area contributed by atoms with Gasteiger partial charge in [0.15, 0.2) is 11.5 Å². The molecule has 29 heavy (non-hydrogen) atoms. The van der Waals surface area contributed by atoms with Crippen molar-refractivity contribution in [3.63, 3.8) is 0 Å². The third kappa shape index (κ3) is 5.61. The minimum absolute atomic E-state index is 0.0226. The van der Waals surface area contributed by atoms with Crippen molar-refractivity contribution in [2.24, 2.45) is 5.10 Å². The molecule has 2 aromatic rings. The third-order valence-electron chi connectivity index (χ3n) is 4.01. The molecule has 2 aromatic carbocycles. The fourth-order valence-corrected chi connectivity index (χ4v) is 3.75. The second kappa shape index (κ2) is 9.28. The highest BCUT2D eigenvalue weighted by molar-refractivity contribution is 7.92. The minimum atomic E-state index is -3.74. The molecular weight excluding hydrogens is 398 g/mol. The Morgan fingerprint density at radius 3 is 2.38 bits per heavy atom. The summed E-state index contributed by atoms with van der Waals surface area (Å²) in [6.45, 7) is 1.46. The summed E-state index contributed by atoms with van der Waals surface area (Å²) in [7, 11) is -0.821. The molecule has 0 spiro atoms. The molecule has 0 heterocycles. The zero-order valence-corrected chi connectivity index (χ0v) is 17.3. The Labute approximate surface area is 169 Å². The van der Waals surface area contributed by atoms with Gasteiger partial charge in [-0.2, -0.15) is 5.10 Å². The molecule has 0 bridgehead atoms. The smallest absolute Gasteiger partial charge is 0.263 e. The molecule has 0 fully saturated rings. The van der Waals surface area contributed by atoms with Crippen LogP contribution in [0.25, 0.3) is 0 Å². The molecule has 0 aliphatic heterocycles. The lowest BCUT2D eigenvalue weighted by molar-refractivity contribution is -0.121. The van der Waals surface area contributed by atoms with Crippen molar-refractivity contribution in [1.29, 1.82) is 0 Å². The molecule has 0 aliphatic carbocycles. The van der Waals surface area contributed by atoms with Crippen molar-refractivity contribution in [3.05, 3.63) is 48.0 Å². The van der Waals surface area contributed by atoms with E-state index in [0.29, 0.717) is 17.0 Å². The Morgan fingerprint density at radius 2 is 1.83 bits per heavy atom. The van der Waals surface area contributed by atoms with Crippen LogP contribution in [0.1, 0.15) is 12.5 Å². The van der Waals surface area contributed by atoms with Gasteiger partial charge in [-0.1, -0.05) is 0 Å². The molecule has 2 N–H and O–H groups in total. The molecule has 156 valence electrons. The van der Waals surface area contributed by atoms with Gasteiger partial charge in [0.1, 0.15) is 11.8 Å². The lowest BCUT2D eigenvalue weighted by Crippen LogP contribution is -2.46. The summed E-state index contributed by atoms with van der Waals surface area (Å²) in [5.74, 6) is 0.184. The normalized spacial score (nSPS) is 12.4. The number of amides is 1.